The van der Waals surface area contributed by atoms with Crippen LogP contribution in [0, 0.1) is 5.41 Å². The summed E-state index contributed by atoms with van der Waals surface area (Å²) in [6, 6.07) is 0. The van der Waals surface area contributed by atoms with Crippen molar-refractivity contribution in [1.29, 1.82) is 0 Å². The van der Waals surface area contributed by atoms with Crippen LogP contribution in [0.25, 0.3) is 0 Å². The number of hydrogen-bond acceptors (Lipinski definition) is 1. The summed E-state index contributed by atoms with van der Waals surface area (Å²) in [7, 11) is 0. The molecule has 1 saturated heterocycles. The lowest BCUT2D eigenvalue weighted by Gasteiger charge is -2.34. The Morgan fingerprint density at radius 1 is 1.38 bits per heavy atom. The monoisotopic (exact) mass is 179 g/mol. The van der Waals surface area contributed by atoms with Gasteiger partial charge in [0.05, 0.1) is 5.41 Å². The van der Waals surface area contributed by atoms with E-state index < -0.39 is 0 Å². The van der Waals surface area contributed by atoms with Crippen LogP contribution in [0.15, 0.2) is 25.3 Å². The molecule has 1 N–H and O–H groups in total. The van der Waals surface area contributed by atoms with Crippen molar-refractivity contribution in [2.24, 2.45) is 5.41 Å². The van der Waals surface area contributed by atoms with Gasteiger partial charge in [-0.15, -0.1) is 13.2 Å². The number of piperidine rings is 1. The lowest BCUT2D eigenvalue weighted by molar-refractivity contribution is -0.133. The van der Waals surface area contributed by atoms with Crippen LogP contribution < -0.4 is 5.32 Å². The Hall–Kier alpha value is -1.05. The van der Waals surface area contributed by atoms with E-state index in [1.165, 1.54) is 0 Å². The maximum Gasteiger partial charge on any atom is 0.226 e. The predicted octanol–water partition coefficient (Wildman–Crippen LogP) is 2.04. The van der Waals surface area contributed by atoms with Gasteiger partial charge in [-0.1, -0.05) is 12.2 Å². The van der Waals surface area contributed by atoms with Crippen molar-refractivity contribution in [3.05, 3.63) is 25.3 Å². The summed E-state index contributed by atoms with van der Waals surface area (Å²) >= 11 is 0. The standard InChI is InChI=1S/C11H17NO/c1-3-6-11(7-4-2)8-5-9-12-10(11)13/h3-4H,1-2,5-9H2,(H,12,13). The summed E-state index contributed by atoms with van der Waals surface area (Å²) in [5.41, 5.74) is -0.248. The molecule has 1 heterocycles. The zero-order chi connectivity index (χ0) is 9.73. The van der Waals surface area contributed by atoms with E-state index >= 15 is 0 Å². The van der Waals surface area contributed by atoms with Crippen LogP contribution >= 0.6 is 0 Å². The fraction of sp³-hybridized carbons (Fsp3) is 0.545. The zero-order valence-corrected chi connectivity index (χ0v) is 8.01. The Balaban J connectivity index is 2.78. The molecule has 1 aliphatic heterocycles. The van der Waals surface area contributed by atoms with Crippen LogP contribution in [-0.2, 0) is 4.79 Å². The molecule has 0 saturated carbocycles. The van der Waals surface area contributed by atoms with Gasteiger partial charge in [-0.05, 0) is 25.7 Å². The number of rotatable bonds is 4. The van der Waals surface area contributed by atoms with Crippen molar-refractivity contribution in [2.45, 2.75) is 25.7 Å². The second kappa shape index (κ2) is 4.26. The van der Waals surface area contributed by atoms with Crippen LogP contribution in [-0.4, -0.2) is 12.5 Å². The Kier molecular flexibility index (Phi) is 3.29. The molecule has 1 aliphatic rings. The molecule has 2 nitrogen and oxygen atoms in total. The van der Waals surface area contributed by atoms with E-state index in [1.54, 1.807) is 0 Å². The molecule has 0 radical (unpaired) electrons. The fourth-order valence-corrected chi connectivity index (χ4v) is 1.96. The number of carbonyl (C=O) groups excluding carboxylic acids is 1. The zero-order valence-electron chi connectivity index (χ0n) is 8.01. The van der Waals surface area contributed by atoms with E-state index in [1.807, 2.05) is 12.2 Å². The maximum absolute atomic E-state index is 11.7. The van der Waals surface area contributed by atoms with E-state index in [4.69, 9.17) is 0 Å². The lowest BCUT2D eigenvalue weighted by Crippen LogP contribution is -2.45. The SMILES string of the molecule is C=CCC1(CC=C)CCCNC1=O. The number of nitrogens with one attached hydrogen (secondary N) is 1. The number of carbonyl (C=O) groups is 1. The largest absolute Gasteiger partial charge is 0.356 e. The van der Waals surface area contributed by atoms with Gasteiger partial charge < -0.3 is 5.32 Å². The average Bonchev–Trinajstić information content (AvgIpc) is 2.11. The summed E-state index contributed by atoms with van der Waals surface area (Å²) in [6.45, 7) is 8.22. The van der Waals surface area contributed by atoms with Crippen LogP contribution in [0.1, 0.15) is 25.7 Å². The van der Waals surface area contributed by atoms with Crippen molar-refractivity contribution >= 4 is 5.91 Å². The molecular formula is C11H17NO. The first-order valence-electron chi connectivity index (χ1n) is 4.75. The van der Waals surface area contributed by atoms with E-state index in [0.717, 1.165) is 32.2 Å². The first-order valence-corrected chi connectivity index (χ1v) is 4.75. The minimum Gasteiger partial charge on any atom is -0.356 e. The van der Waals surface area contributed by atoms with Crippen molar-refractivity contribution in [1.82, 2.24) is 5.32 Å². The second-order valence-corrected chi connectivity index (χ2v) is 3.63. The Morgan fingerprint density at radius 2 is 2.00 bits per heavy atom. The van der Waals surface area contributed by atoms with Gasteiger partial charge in [0, 0.05) is 6.54 Å². The topological polar surface area (TPSA) is 29.1 Å². The Bertz CT molecular complexity index is 210. The number of amides is 1. The minimum absolute atomic E-state index is 0.165. The quantitative estimate of drug-likeness (QED) is 0.657. The van der Waals surface area contributed by atoms with Crippen LogP contribution in [0.5, 0.6) is 0 Å². The molecular weight excluding hydrogens is 162 g/mol. The van der Waals surface area contributed by atoms with E-state index in [2.05, 4.69) is 18.5 Å². The third-order valence-corrected chi connectivity index (χ3v) is 2.67. The van der Waals surface area contributed by atoms with E-state index in [0.29, 0.717) is 0 Å². The van der Waals surface area contributed by atoms with Gasteiger partial charge in [0.25, 0.3) is 0 Å². The van der Waals surface area contributed by atoms with E-state index in [9.17, 15) is 4.79 Å². The highest BCUT2D eigenvalue weighted by molar-refractivity contribution is 5.83. The lowest BCUT2D eigenvalue weighted by atomic mass is 9.74. The Labute approximate surface area is 79.7 Å². The molecule has 2 heteroatoms. The van der Waals surface area contributed by atoms with Crippen molar-refractivity contribution < 1.29 is 4.79 Å². The van der Waals surface area contributed by atoms with Gasteiger partial charge in [-0.25, -0.2) is 0 Å². The van der Waals surface area contributed by atoms with Gasteiger partial charge in [-0.3, -0.25) is 4.79 Å². The first kappa shape index (κ1) is 10.0. The number of allylic oxidation sites excluding steroid dienone is 2. The Morgan fingerprint density at radius 3 is 2.46 bits per heavy atom. The van der Waals surface area contributed by atoms with Gasteiger partial charge in [-0.2, -0.15) is 0 Å². The summed E-state index contributed by atoms with van der Waals surface area (Å²) in [4.78, 5) is 11.7. The first-order chi connectivity index (χ1) is 6.25. The molecule has 0 bridgehead atoms. The normalized spacial score (nSPS) is 20.5. The summed E-state index contributed by atoms with van der Waals surface area (Å²) in [6.07, 6.45) is 7.18. The van der Waals surface area contributed by atoms with Crippen LogP contribution in [0.4, 0.5) is 0 Å². The second-order valence-electron chi connectivity index (χ2n) is 3.63. The maximum atomic E-state index is 11.7. The predicted molar refractivity (Wildman–Crippen MR) is 54.3 cm³/mol. The highest BCUT2D eigenvalue weighted by Gasteiger charge is 2.37. The third-order valence-electron chi connectivity index (χ3n) is 2.67. The highest BCUT2D eigenvalue weighted by Crippen LogP contribution is 2.35. The van der Waals surface area contributed by atoms with Gasteiger partial charge in [0.15, 0.2) is 0 Å². The molecule has 1 rings (SSSR count). The molecule has 0 aromatic carbocycles. The average molecular weight is 179 g/mol. The molecule has 1 fully saturated rings. The molecule has 0 aliphatic carbocycles. The molecule has 0 unspecified atom stereocenters. The van der Waals surface area contributed by atoms with E-state index in [-0.39, 0.29) is 11.3 Å². The molecule has 13 heavy (non-hydrogen) atoms. The van der Waals surface area contributed by atoms with Crippen molar-refractivity contribution in [2.75, 3.05) is 6.54 Å². The fourth-order valence-electron chi connectivity index (χ4n) is 1.96. The van der Waals surface area contributed by atoms with Gasteiger partial charge in [0.1, 0.15) is 0 Å². The molecule has 1 amide bonds. The smallest absolute Gasteiger partial charge is 0.226 e. The molecule has 0 atom stereocenters. The third kappa shape index (κ3) is 2.00. The summed E-state index contributed by atoms with van der Waals surface area (Å²) in [5.74, 6) is 0.165. The molecule has 72 valence electrons. The molecule has 0 spiro atoms. The summed E-state index contributed by atoms with van der Waals surface area (Å²) < 4.78 is 0. The highest BCUT2D eigenvalue weighted by atomic mass is 16.2. The van der Waals surface area contributed by atoms with Crippen LogP contribution in [0.3, 0.4) is 0 Å². The molecule has 0 aromatic rings. The van der Waals surface area contributed by atoms with Crippen molar-refractivity contribution in [3.63, 3.8) is 0 Å². The van der Waals surface area contributed by atoms with Crippen LogP contribution in [0.2, 0.25) is 0 Å². The summed E-state index contributed by atoms with van der Waals surface area (Å²) in [5, 5.41) is 2.91. The van der Waals surface area contributed by atoms with Gasteiger partial charge in [0.2, 0.25) is 5.91 Å². The van der Waals surface area contributed by atoms with Gasteiger partial charge >= 0.3 is 0 Å². The van der Waals surface area contributed by atoms with Crippen molar-refractivity contribution in [3.8, 4) is 0 Å². The number of hydrogen-bond donors (Lipinski definition) is 1. The minimum atomic E-state index is -0.248. The molecule has 0 aromatic heterocycles.